The highest BCUT2D eigenvalue weighted by Crippen LogP contribution is 2.65. The van der Waals surface area contributed by atoms with Gasteiger partial charge in [0.2, 0.25) is 0 Å². The zero-order chi connectivity index (χ0) is 41.5. The molecule has 0 radical (unpaired) electrons. The predicted octanol–water partition coefficient (Wildman–Crippen LogP) is 15.2. The minimum absolute atomic E-state index is 0.0929. The van der Waals surface area contributed by atoms with Crippen LogP contribution in [0.3, 0.4) is 0 Å². The molecule has 0 saturated heterocycles. The Morgan fingerprint density at radius 3 is 1.74 bits per heavy atom. The molecule has 2 atom stereocenters. The summed E-state index contributed by atoms with van der Waals surface area (Å²) in [5.41, 5.74) is 26.2. The molecule has 0 aromatic heterocycles. The molecule has 0 fully saturated rings. The minimum atomic E-state index is -0.473. The summed E-state index contributed by atoms with van der Waals surface area (Å²) >= 11 is 0. The van der Waals surface area contributed by atoms with Gasteiger partial charge in [0.25, 0.3) is 0 Å². The Balaban J connectivity index is 1.08. The second-order valence-corrected chi connectivity index (χ2v) is 19.1. The second kappa shape index (κ2) is 12.6. The first kappa shape index (κ1) is 35.8. The van der Waals surface area contributed by atoms with Crippen molar-refractivity contribution in [2.24, 2.45) is 0 Å². The molecule has 5 aliphatic rings. The first-order valence-corrected chi connectivity index (χ1v) is 22.4. The van der Waals surface area contributed by atoms with E-state index in [-0.39, 0.29) is 16.9 Å². The van der Waals surface area contributed by atoms with E-state index in [2.05, 4.69) is 227 Å². The van der Waals surface area contributed by atoms with Crippen molar-refractivity contribution in [2.75, 3.05) is 4.90 Å². The number of rotatable bonds is 4. The lowest BCUT2D eigenvalue weighted by molar-refractivity contribution is 0.644. The summed E-state index contributed by atoms with van der Waals surface area (Å²) in [5, 5.41) is 0. The van der Waals surface area contributed by atoms with Crippen molar-refractivity contribution in [2.45, 2.75) is 56.4 Å². The lowest BCUT2D eigenvalue weighted by Crippen LogP contribution is -2.33. The lowest BCUT2D eigenvalue weighted by atomic mass is 9.70. The fourth-order valence-corrected chi connectivity index (χ4v) is 12.6. The Morgan fingerprint density at radius 1 is 0.419 bits per heavy atom. The maximum Gasteiger partial charge on any atom is 0.0726 e. The normalized spacial score (nSPS) is 19.6. The molecule has 8 aromatic carbocycles. The molecule has 0 amide bonds. The molecule has 1 heteroatoms. The highest BCUT2D eigenvalue weighted by atomic mass is 15.2. The van der Waals surface area contributed by atoms with Gasteiger partial charge in [0, 0.05) is 27.8 Å². The van der Waals surface area contributed by atoms with Gasteiger partial charge in [0.05, 0.1) is 11.5 Å². The van der Waals surface area contributed by atoms with Gasteiger partial charge in [-0.25, -0.2) is 0 Å². The first-order valence-electron chi connectivity index (χ1n) is 22.4. The standard InChI is InChI=1S/C61H47N/c1-59(2)49-23-12-8-19-42(49)45-33-30-40(36-54(45)59)62(41-31-34-46-43-20-9-13-24-50(43)60(3,4)55(46)37-41)57-28-16-27-53-58(57)48-22-11-15-26-52(48)61(53)51-25-14-10-21-44(51)47-32-29-39(35-56(47)61)38-17-6-5-7-18-38/h5-30,32-37,41H,31H2,1-4H3. The van der Waals surface area contributed by atoms with Gasteiger partial charge in [-0.05, 0) is 125 Å². The average Bonchev–Trinajstić information content (AvgIpc) is 3.95. The zero-order valence-electron chi connectivity index (χ0n) is 35.7. The van der Waals surface area contributed by atoms with E-state index >= 15 is 0 Å². The van der Waals surface area contributed by atoms with Gasteiger partial charge in [-0.1, -0.05) is 198 Å². The molecule has 62 heavy (non-hydrogen) atoms. The van der Waals surface area contributed by atoms with Crippen LogP contribution in [0.25, 0.3) is 50.1 Å². The molecule has 13 rings (SSSR count). The Bertz CT molecular complexity index is 3280. The van der Waals surface area contributed by atoms with Crippen molar-refractivity contribution in [3.05, 3.63) is 244 Å². The van der Waals surface area contributed by atoms with E-state index in [1.54, 1.807) is 0 Å². The molecule has 0 aliphatic heterocycles. The summed E-state index contributed by atoms with van der Waals surface area (Å²) in [6, 6.07) is 69.3. The van der Waals surface area contributed by atoms with Gasteiger partial charge in [-0.15, -0.1) is 0 Å². The number of anilines is 2. The Hall–Kier alpha value is -6.96. The number of nitrogens with zero attached hydrogens (tertiary/aromatic N) is 1. The van der Waals surface area contributed by atoms with Gasteiger partial charge < -0.3 is 4.90 Å². The van der Waals surface area contributed by atoms with Crippen LogP contribution < -0.4 is 4.90 Å². The highest BCUT2D eigenvalue weighted by molar-refractivity contribution is 6.01. The van der Waals surface area contributed by atoms with Crippen molar-refractivity contribution in [1.82, 2.24) is 0 Å². The van der Waals surface area contributed by atoms with Crippen molar-refractivity contribution in [1.29, 1.82) is 0 Å². The van der Waals surface area contributed by atoms with Crippen LogP contribution in [0, 0.1) is 0 Å². The van der Waals surface area contributed by atoms with Gasteiger partial charge in [-0.2, -0.15) is 0 Å². The molecule has 5 aliphatic carbocycles. The third-order valence-electron chi connectivity index (χ3n) is 15.4. The van der Waals surface area contributed by atoms with Crippen LogP contribution >= 0.6 is 0 Å². The average molecular weight is 794 g/mol. The van der Waals surface area contributed by atoms with E-state index in [1.807, 2.05) is 0 Å². The van der Waals surface area contributed by atoms with E-state index in [4.69, 9.17) is 0 Å². The molecule has 0 heterocycles. The van der Waals surface area contributed by atoms with Crippen molar-refractivity contribution < 1.29 is 0 Å². The number of hydrogen-bond acceptors (Lipinski definition) is 1. The van der Waals surface area contributed by atoms with Crippen molar-refractivity contribution in [3.63, 3.8) is 0 Å². The summed E-state index contributed by atoms with van der Waals surface area (Å²) in [6.07, 6.45) is 6.08. The quantitative estimate of drug-likeness (QED) is 0.172. The van der Waals surface area contributed by atoms with Crippen LogP contribution in [-0.4, -0.2) is 6.04 Å². The SMILES string of the molecule is CC1(C)C2=CC(N(c3ccc4c(c3)C(C)(C)c3ccccc3-4)c3cccc4c3-c3ccccc3C43c4ccccc4-c4ccc(-c5ccccc5)cc43)CC=C2c2ccccc21. The maximum absolute atomic E-state index is 2.72. The minimum Gasteiger partial charge on any atom is -0.334 e. The maximum atomic E-state index is 2.72. The van der Waals surface area contributed by atoms with Crippen LogP contribution in [-0.2, 0) is 16.2 Å². The number of allylic oxidation sites excluding steroid dienone is 2. The largest absolute Gasteiger partial charge is 0.334 e. The van der Waals surface area contributed by atoms with Gasteiger partial charge in [-0.3, -0.25) is 0 Å². The third-order valence-corrected chi connectivity index (χ3v) is 15.4. The summed E-state index contributed by atoms with van der Waals surface area (Å²) in [4.78, 5) is 2.72. The molecule has 8 aromatic rings. The predicted molar refractivity (Wildman–Crippen MR) is 258 cm³/mol. The van der Waals surface area contributed by atoms with E-state index in [1.165, 1.54) is 112 Å². The topological polar surface area (TPSA) is 3.24 Å². The van der Waals surface area contributed by atoms with Gasteiger partial charge >= 0.3 is 0 Å². The monoisotopic (exact) mass is 793 g/mol. The number of fused-ring (bicyclic) bond motifs is 16. The first-order chi connectivity index (χ1) is 30.3. The van der Waals surface area contributed by atoms with Crippen LogP contribution in [0.4, 0.5) is 11.4 Å². The molecular weight excluding hydrogens is 747 g/mol. The molecule has 0 bridgehead atoms. The van der Waals surface area contributed by atoms with Crippen LogP contribution in [0.15, 0.2) is 200 Å². The van der Waals surface area contributed by atoms with Crippen LogP contribution in [0.2, 0.25) is 0 Å². The van der Waals surface area contributed by atoms with Gasteiger partial charge in [0.15, 0.2) is 0 Å². The fraction of sp³-hybridized carbons (Fsp3) is 0.148. The Morgan fingerprint density at radius 2 is 0.984 bits per heavy atom. The van der Waals surface area contributed by atoms with Crippen LogP contribution in [0.5, 0.6) is 0 Å². The second-order valence-electron chi connectivity index (χ2n) is 19.1. The van der Waals surface area contributed by atoms with E-state index < -0.39 is 5.41 Å². The van der Waals surface area contributed by atoms with Crippen molar-refractivity contribution >= 4 is 16.9 Å². The lowest BCUT2D eigenvalue weighted by Gasteiger charge is -2.38. The van der Waals surface area contributed by atoms with E-state index in [0.717, 1.165) is 6.42 Å². The molecule has 0 saturated carbocycles. The number of hydrogen-bond donors (Lipinski definition) is 0. The summed E-state index contributed by atoms with van der Waals surface area (Å²) in [5.74, 6) is 0. The summed E-state index contributed by atoms with van der Waals surface area (Å²) in [6.45, 7) is 9.64. The molecule has 1 nitrogen and oxygen atoms in total. The summed E-state index contributed by atoms with van der Waals surface area (Å²) < 4.78 is 0. The highest BCUT2D eigenvalue weighted by Gasteiger charge is 2.53. The zero-order valence-corrected chi connectivity index (χ0v) is 35.7. The smallest absolute Gasteiger partial charge is 0.0726 e. The molecule has 296 valence electrons. The third kappa shape index (κ3) is 4.53. The Kier molecular flexibility index (Phi) is 7.24. The fourth-order valence-electron chi connectivity index (χ4n) is 12.6. The Labute approximate surface area is 365 Å². The van der Waals surface area contributed by atoms with Gasteiger partial charge in [0.1, 0.15) is 0 Å². The number of benzene rings is 8. The summed E-state index contributed by atoms with van der Waals surface area (Å²) in [7, 11) is 0. The molecule has 1 spiro atoms. The molecular formula is C61H47N. The van der Waals surface area contributed by atoms with E-state index in [0.29, 0.717) is 0 Å². The molecule has 0 N–H and O–H groups in total. The van der Waals surface area contributed by atoms with Crippen LogP contribution in [0.1, 0.15) is 78.6 Å². The van der Waals surface area contributed by atoms with Crippen molar-refractivity contribution in [3.8, 4) is 44.5 Å². The molecule has 2 unspecified atom stereocenters. The van der Waals surface area contributed by atoms with E-state index in [9.17, 15) is 0 Å².